The smallest absolute Gasteiger partial charge is 0.260 e. The van der Waals surface area contributed by atoms with Gasteiger partial charge < -0.3 is 19.3 Å². The molecule has 0 atom stereocenters. The van der Waals surface area contributed by atoms with Gasteiger partial charge in [0.05, 0.1) is 31.0 Å². The number of anilines is 1. The van der Waals surface area contributed by atoms with E-state index in [0.717, 1.165) is 0 Å². The highest BCUT2D eigenvalue weighted by Crippen LogP contribution is 2.33. The Bertz CT molecular complexity index is 1170. The van der Waals surface area contributed by atoms with Gasteiger partial charge in [-0.05, 0) is 42.5 Å². The Morgan fingerprint density at radius 1 is 1.00 bits per heavy atom. The summed E-state index contributed by atoms with van der Waals surface area (Å²) in [7, 11) is 3.13. The molecular weight excluding hydrogens is 384 g/mol. The number of methoxy groups -OCH3 is 2. The zero-order chi connectivity index (χ0) is 20.9. The molecule has 2 aromatic heterocycles. The fourth-order valence-corrected chi connectivity index (χ4v) is 2.90. The highest BCUT2D eigenvalue weighted by atomic mass is 16.5. The van der Waals surface area contributed by atoms with Crippen molar-refractivity contribution in [3.63, 3.8) is 0 Å². The lowest BCUT2D eigenvalue weighted by Gasteiger charge is -2.08. The van der Waals surface area contributed by atoms with Crippen molar-refractivity contribution in [1.82, 2.24) is 15.1 Å². The fourth-order valence-electron chi connectivity index (χ4n) is 2.90. The minimum Gasteiger partial charge on any atom is -0.493 e. The Hall–Kier alpha value is -4.20. The van der Waals surface area contributed by atoms with E-state index in [1.165, 1.54) is 6.20 Å². The zero-order valence-electron chi connectivity index (χ0n) is 16.3. The van der Waals surface area contributed by atoms with Crippen molar-refractivity contribution in [1.29, 1.82) is 0 Å². The van der Waals surface area contributed by atoms with E-state index in [1.807, 2.05) is 18.2 Å². The summed E-state index contributed by atoms with van der Waals surface area (Å²) in [6.07, 6.45) is 3.11. The van der Waals surface area contributed by atoms with E-state index in [-0.39, 0.29) is 11.8 Å². The monoisotopic (exact) mass is 402 g/mol. The lowest BCUT2D eigenvalue weighted by Crippen LogP contribution is -2.12. The molecule has 0 saturated carbocycles. The summed E-state index contributed by atoms with van der Waals surface area (Å²) in [5.74, 6) is 1.55. The predicted molar refractivity (Wildman–Crippen MR) is 110 cm³/mol. The zero-order valence-corrected chi connectivity index (χ0v) is 16.3. The topological polar surface area (TPSA) is 99.4 Å². The summed E-state index contributed by atoms with van der Waals surface area (Å²) in [5, 5.41) is 6.93. The molecule has 0 unspecified atom stereocenters. The van der Waals surface area contributed by atoms with Crippen molar-refractivity contribution in [3.8, 4) is 34.3 Å². The van der Waals surface area contributed by atoms with Crippen molar-refractivity contribution in [2.45, 2.75) is 0 Å². The Labute approximate surface area is 172 Å². The Balaban J connectivity index is 1.64. The van der Waals surface area contributed by atoms with Crippen LogP contribution >= 0.6 is 0 Å². The highest BCUT2D eigenvalue weighted by molar-refractivity contribution is 6.05. The average Bonchev–Trinajstić information content (AvgIpc) is 3.29. The molecule has 8 heteroatoms. The minimum atomic E-state index is -0.282. The number of hydrogen-bond acceptors (Lipinski definition) is 7. The number of pyridine rings is 1. The van der Waals surface area contributed by atoms with Crippen LogP contribution in [-0.2, 0) is 0 Å². The van der Waals surface area contributed by atoms with E-state index in [2.05, 4.69) is 20.4 Å². The van der Waals surface area contributed by atoms with Gasteiger partial charge in [-0.3, -0.25) is 9.78 Å². The van der Waals surface area contributed by atoms with Gasteiger partial charge in [0, 0.05) is 18.0 Å². The number of hydrogen-bond donors (Lipinski definition) is 1. The highest BCUT2D eigenvalue weighted by Gasteiger charge is 2.17. The normalized spacial score (nSPS) is 10.5. The third-order valence-electron chi connectivity index (χ3n) is 4.40. The summed E-state index contributed by atoms with van der Waals surface area (Å²) < 4.78 is 16.1. The Kier molecular flexibility index (Phi) is 5.38. The van der Waals surface area contributed by atoms with E-state index in [9.17, 15) is 4.79 Å². The molecule has 1 N–H and O–H groups in total. The molecule has 0 aliphatic heterocycles. The van der Waals surface area contributed by atoms with Crippen LogP contribution in [0.1, 0.15) is 10.4 Å². The van der Waals surface area contributed by atoms with Crippen LogP contribution in [-0.4, -0.2) is 35.3 Å². The van der Waals surface area contributed by atoms with Gasteiger partial charge in [0.1, 0.15) is 0 Å². The molecule has 0 aliphatic rings. The van der Waals surface area contributed by atoms with Crippen molar-refractivity contribution < 1.29 is 18.8 Å². The predicted octanol–water partition coefficient (Wildman–Crippen LogP) is 4.07. The molecule has 8 nitrogen and oxygen atoms in total. The second kappa shape index (κ2) is 8.44. The van der Waals surface area contributed by atoms with Gasteiger partial charge in [-0.2, -0.15) is 4.98 Å². The summed E-state index contributed by atoms with van der Waals surface area (Å²) in [5.41, 5.74) is 2.31. The van der Waals surface area contributed by atoms with Crippen LogP contribution in [0.2, 0.25) is 0 Å². The largest absolute Gasteiger partial charge is 0.493 e. The molecule has 0 bridgehead atoms. The summed E-state index contributed by atoms with van der Waals surface area (Å²) in [6.45, 7) is 0. The molecule has 0 saturated heterocycles. The van der Waals surface area contributed by atoms with Crippen LogP contribution in [0.4, 0.5) is 5.69 Å². The fraction of sp³-hybridized carbons (Fsp3) is 0.0909. The van der Waals surface area contributed by atoms with Crippen LogP contribution in [0.25, 0.3) is 22.8 Å². The summed E-state index contributed by atoms with van der Waals surface area (Å²) in [6, 6.07) is 15.9. The molecule has 0 spiro atoms. The van der Waals surface area contributed by atoms with Gasteiger partial charge in [-0.15, -0.1) is 0 Å². The Morgan fingerprint density at radius 3 is 2.60 bits per heavy atom. The molecule has 4 rings (SSSR count). The van der Waals surface area contributed by atoms with E-state index < -0.39 is 0 Å². The minimum absolute atomic E-state index is 0.280. The van der Waals surface area contributed by atoms with E-state index in [1.54, 1.807) is 56.8 Å². The second-order valence-corrected chi connectivity index (χ2v) is 6.23. The number of carbonyl (C=O) groups excluding carboxylic acids is 1. The molecule has 150 valence electrons. The molecule has 2 heterocycles. The maximum atomic E-state index is 12.5. The lowest BCUT2D eigenvalue weighted by atomic mass is 10.1. The molecule has 1 amide bonds. The van der Waals surface area contributed by atoms with Crippen LogP contribution < -0.4 is 14.8 Å². The van der Waals surface area contributed by atoms with E-state index in [4.69, 9.17) is 14.0 Å². The van der Waals surface area contributed by atoms with Gasteiger partial charge in [0.25, 0.3) is 11.8 Å². The van der Waals surface area contributed by atoms with E-state index in [0.29, 0.717) is 39.7 Å². The maximum absolute atomic E-state index is 12.5. The SMILES string of the molecule is COc1ccc(-c2noc(-c3ccccc3NC(=O)c3cccnc3)n2)cc1OC. The van der Waals surface area contributed by atoms with Gasteiger partial charge in [-0.25, -0.2) is 0 Å². The number of rotatable bonds is 6. The van der Waals surface area contributed by atoms with Crippen LogP contribution in [0.15, 0.2) is 71.5 Å². The number of amides is 1. The average molecular weight is 402 g/mol. The lowest BCUT2D eigenvalue weighted by molar-refractivity contribution is 0.102. The van der Waals surface area contributed by atoms with Crippen molar-refractivity contribution in [2.24, 2.45) is 0 Å². The number of ether oxygens (including phenoxy) is 2. The molecule has 4 aromatic rings. The molecule has 2 aromatic carbocycles. The number of benzene rings is 2. The number of nitrogens with one attached hydrogen (secondary N) is 1. The van der Waals surface area contributed by atoms with Crippen LogP contribution in [0.3, 0.4) is 0 Å². The standard InChI is InChI=1S/C22H18N4O4/c1-28-18-10-9-14(12-19(18)29-2)20-25-22(30-26-20)16-7-3-4-8-17(16)24-21(27)15-6-5-11-23-13-15/h3-13H,1-2H3,(H,24,27). The van der Waals surface area contributed by atoms with E-state index >= 15 is 0 Å². The summed E-state index contributed by atoms with van der Waals surface area (Å²) in [4.78, 5) is 21.0. The Morgan fingerprint density at radius 2 is 1.83 bits per heavy atom. The molecule has 0 aliphatic carbocycles. The number of carbonyl (C=O) groups is 1. The number of aromatic nitrogens is 3. The maximum Gasteiger partial charge on any atom is 0.260 e. The first-order chi connectivity index (χ1) is 14.7. The summed E-state index contributed by atoms with van der Waals surface area (Å²) >= 11 is 0. The van der Waals surface area contributed by atoms with Crippen molar-refractivity contribution in [2.75, 3.05) is 19.5 Å². The van der Waals surface area contributed by atoms with Crippen molar-refractivity contribution >= 4 is 11.6 Å². The third kappa shape index (κ3) is 3.83. The third-order valence-corrected chi connectivity index (χ3v) is 4.40. The first-order valence-corrected chi connectivity index (χ1v) is 9.06. The quantitative estimate of drug-likeness (QED) is 0.519. The van der Waals surface area contributed by atoms with Crippen molar-refractivity contribution in [3.05, 3.63) is 72.6 Å². The number of para-hydroxylation sites is 1. The van der Waals surface area contributed by atoms with Gasteiger partial charge in [0.2, 0.25) is 5.82 Å². The van der Waals surface area contributed by atoms with Gasteiger partial charge >= 0.3 is 0 Å². The first kappa shape index (κ1) is 19.1. The molecular formula is C22H18N4O4. The molecule has 0 fully saturated rings. The number of nitrogens with zero attached hydrogens (tertiary/aromatic N) is 3. The van der Waals surface area contributed by atoms with Crippen LogP contribution in [0, 0.1) is 0 Å². The second-order valence-electron chi connectivity index (χ2n) is 6.23. The first-order valence-electron chi connectivity index (χ1n) is 9.06. The van der Waals surface area contributed by atoms with Crippen LogP contribution in [0.5, 0.6) is 11.5 Å². The van der Waals surface area contributed by atoms with Gasteiger partial charge in [-0.1, -0.05) is 17.3 Å². The van der Waals surface area contributed by atoms with Gasteiger partial charge in [0.15, 0.2) is 11.5 Å². The molecule has 30 heavy (non-hydrogen) atoms. The molecule has 0 radical (unpaired) electrons.